The molecule has 0 saturated carbocycles. The summed E-state index contributed by atoms with van der Waals surface area (Å²) in [6, 6.07) is 8.33. The largest absolute Gasteiger partial charge is 0.374 e. The zero-order valence-corrected chi connectivity index (χ0v) is 11.5. The molecular weight excluding hydrogens is 280 g/mol. The molecule has 6 N–H and O–H groups in total. The van der Waals surface area contributed by atoms with E-state index >= 15 is 0 Å². The maximum Gasteiger partial charge on any atom is 0.334 e. The molecule has 0 saturated heterocycles. The van der Waals surface area contributed by atoms with Gasteiger partial charge < -0.3 is 21.6 Å². The van der Waals surface area contributed by atoms with Gasteiger partial charge in [0.25, 0.3) is 0 Å². The van der Waals surface area contributed by atoms with E-state index in [0.29, 0.717) is 6.54 Å². The minimum atomic E-state index is -1.00. The van der Waals surface area contributed by atoms with Gasteiger partial charge in [-0.05, 0) is 17.8 Å². The van der Waals surface area contributed by atoms with E-state index in [2.05, 4.69) is 22.4 Å². The molecule has 20 heavy (non-hydrogen) atoms. The second kappa shape index (κ2) is 8.08. The highest BCUT2D eigenvalue weighted by Gasteiger charge is 2.18. The summed E-state index contributed by atoms with van der Waals surface area (Å²) in [6.45, 7) is 0.341. The third kappa shape index (κ3) is 6.12. The Kier molecular flexibility index (Phi) is 6.41. The molecule has 0 aliphatic carbocycles. The van der Waals surface area contributed by atoms with Crippen molar-refractivity contribution in [3.63, 3.8) is 0 Å². The Hall–Kier alpha value is -2.19. The fourth-order valence-electron chi connectivity index (χ4n) is 1.34. The summed E-state index contributed by atoms with van der Waals surface area (Å²) in [6.07, 6.45) is -0.282. The van der Waals surface area contributed by atoms with E-state index in [1.165, 1.54) is 0 Å². The highest BCUT2D eigenvalue weighted by atomic mass is 32.1. The van der Waals surface area contributed by atoms with Crippen molar-refractivity contribution < 1.29 is 14.4 Å². The second-order valence-electron chi connectivity index (χ2n) is 3.95. The lowest BCUT2D eigenvalue weighted by molar-refractivity contribution is -0.149. The van der Waals surface area contributed by atoms with Gasteiger partial charge in [0.1, 0.15) is 0 Å². The third-order valence-electron chi connectivity index (χ3n) is 2.30. The van der Waals surface area contributed by atoms with Gasteiger partial charge >= 0.3 is 5.97 Å². The van der Waals surface area contributed by atoms with Gasteiger partial charge in [0.2, 0.25) is 5.91 Å². The first-order valence-corrected chi connectivity index (χ1v) is 6.22. The summed E-state index contributed by atoms with van der Waals surface area (Å²) in [5.74, 6) is -1.17. The minimum Gasteiger partial charge on any atom is -0.374 e. The number of hydroxylamine groups is 1. The smallest absolute Gasteiger partial charge is 0.334 e. The summed E-state index contributed by atoms with van der Waals surface area (Å²) in [4.78, 5) is 27.4. The van der Waals surface area contributed by atoms with Gasteiger partial charge in [0.15, 0.2) is 5.11 Å². The number of hydrogen-bond acceptors (Lipinski definition) is 5. The monoisotopic (exact) mass is 296 g/mol. The Labute approximate surface area is 121 Å². The molecule has 1 atom stereocenters. The van der Waals surface area contributed by atoms with Crippen molar-refractivity contribution in [2.75, 3.05) is 0 Å². The summed E-state index contributed by atoms with van der Waals surface area (Å²) < 4.78 is 0. The zero-order chi connectivity index (χ0) is 15.0. The quantitative estimate of drug-likeness (QED) is 0.419. The van der Waals surface area contributed by atoms with Crippen LogP contribution in [0.3, 0.4) is 0 Å². The Morgan fingerprint density at radius 1 is 1.30 bits per heavy atom. The van der Waals surface area contributed by atoms with Gasteiger partial charge in [-0.15, -0.1) is 0 Å². The van der Waals surface area contributed by atoms with Crippen LogP contribution in [0.1, 0.15) is 12.0 Å². The number of hydrogen-bond donors (Lipinski definition) is 4. The zero-order valence-electron chi connectivity index (χ0n) is 10.7. The van der Waals surface area contributed by atoms with Gasteiger partial charge in [-0.1, -0.05) is 30.3 Å². The van der Waals surface area contributed by atoms with Crippen LogP contribution >= 0.6 is 12.2 Å². The molecule has 0 heterocycles. The lowest BCUT2D eigenvalue weighted by atomic mass is 10.2. The van der Waals surface area contributed by atoms with Gasteiger partial charge in [-0.2, -0.15) is 5.48 Å². The fraction of sp³-hybridized carbons (Fsp3) is 0.250. The van der Waals surface area contributed by atoms with Crippen LogP contribution in [-0.4, -0.2) is 23.0 Å². The molecule has 0 aliphatic rings. The van der Waals surface area contributed by atoms with E-state index in [4.69, 9.17) is 11.5 Å². The molecule has 0 aliphatic heterocycles. The van der Waals surface area contributed by atoms with Crippen molar-refractivity contribution in [2.24, 2.45) is 11.5 Å². The number of benzene rings is 1. The summed E-state index contributed by atoms with van der Waals surface area (Å²) in [5, 5.41) is 2.45. The number of rotatable bonds is 5. The average molecular weight is 296 g/mol. The predicted octanol–water partition coefficient (Wildman–Crippen LogP) is -0.688. The van der Waals surface area contributed by atoms with Gasteiger partial charge in [-0.3, -0.25) is 4.79 Å². The van der Waals surface area contributed by atoms with E-state index in [1.54, 1.807) is 0 Å². The van der Waals surface area contributed by atoms with E-state index in [0.717, 1.165) is 5.56 Å². The van der Waals surface area contributed by atoms with Gasteiger partial charge in [0, 0.05) is 6.54 Å². The molecule has 0 unspecified atom stereocenters. The summed E-state index contributed by atoms with van der Waals surface area (Å²) in [5.41, 5.74) is 13.6. The highest BCUT2D eigenvalue weighted by Crippen LogP contribution is 1.98. The van der Waals surface area contributed by atoms with E-state index in [9.17, 15) is 9.59 Å². The van der Waals surface area contributed by atoms with Gasteiger partial charge in [0.05, 0.1) is 12.5 Å². The van der Waals surface area contributed by atoms with Crippen molar-refractivity contribution in [3.05, 3.63) is 35.9 Å². The SMILES string of the molecule is NC(=S)NOC(=O)C[C@H](N)C(=O)NCc1ccccc1. The number of carbonyl (C=O) groups is 2. The maximum absolute atomic E-state index is 11.7. The second-order valence-corrected chi connectivity index (χ2v) is 4.39. The summed E-state index contributed by atoms with van der Waals surface area (Å²) >= 11 is 4.45. The normalized spacial score (nSPS) is 11.2. The van der Waals surface area contributed by atoms with Crippen LogP contribution in [-0.2, 0) is 21.0 Å². The summed E-state index contributed by atoms with van der Waals surface area (Å²) in [7, 11) is 0. The molecule has 0 bridgehead atoms. The molecule has 0 aromatic heterocycles. The van der Waals surface area contributed by atoms with Crippen molar-refractivity contribution in [3.8, 4) is 0 Å². The minimum absolute atomic E-state index is 0.180. The molecule has 0 fully saturated rings. The number of thiocarbonyl (C=S) groups is 1. The Balaban J connectivity index is 2.32. The molecule has 108 valence electrons. The van der Waals surface area contributed by atoms with Gasteiger partial charge in [-0.25, -0.2) is 4.79 Å². The molecule has 0 spiro atoms. The first-order chi connectivity index (χ1) is 9.49. The number of carbonyl (C=O) groups excluding carboxylic acids is 2. The predicted molar refractivity (Wildman–Crippen MR) is 76.9 cm³/mol. The van der Waals surface area contributed by atoms with Crippen LogP contribution in [0.5, 0.6) is 0 Å². The molecule has 1 rings (SSSR count). The van der Waals surface area contributed by atoms with Crippen molar-refractivity contribution in [1.29, 1.82) is 0 Å². The molecule has 1 aromatic carbocycles. The van der Waals surface area contributed by atoms with E-state index in [1.807, 2.05) is 35.8 Å². The molecule has 8 heteroatoms. The lowest BCUT2D eigenvalue weighted by Gasteiger charge is -2.12. The maximum atomic E-state index is 11.7. The van der Waals surface area contributed by atoms with Crippen LogP contribution < -0.4 is 22.3 Å². The lowest BCUT2D eigenvalue weighted by Crippen LogP contribution is -2.43. The standard InChI is InChI=1S/C12H16N4O3S/c13-9(6-10(17)19-16-12(14)20)11(18)15-7-8-4-2-1-3-5-8/h1-5,9H,6-7,13H2,(H,15,18)(H3,14,16,20)/t9-/m0/s1. The van der Waals surface area contributed by atoms with Crippen molar-refractivity contribution in [1.82, 2.24) is 10.8 Å². The van der Waals surface area contributed by atoms with Crippen LogP contribution in [0.25, 0.3) is 0 Å². The number of nitrogens with one attached hydrogen (secondary N) is 2. The highest BCUT2D eigenvalue weighted by molar-refractivity contribution is 7.80. The third-order valence-corrected chi connectivity index (χ3v) is 2.38. The number of nitrogens with two attached hydrogens (primary N) is 2. The molecular formula is C12H16N4O3S. The number of amides is 1. The van der Waals surface area contributed by atoms with Crippen LogP contribution in [0.4, 0.5) is 0 Å². The Morgan fingerprint density at radius 2 is 1.95 bits per heavy atom. The topological polar surface area (TPSA) is 119 Å². The van der Waals surface area contributed by atoms with E-state index in [-0.39, 0.29) is 11.5 Å². The Morgan fingerprint density at radius 3 is 2.55 bits per heavy atom. The molecule has 7 nitrogen and oxygen atoms in total. The molecule has 1 amide bonds. The van der Waals surface area contributed by atoms with Crippen LogP contribution in [0, 0.1) is 0 Å². The fourth-order valence-corrected chi connectivity index (χ4v) is 1.38. The first kappa shape index (κ1) is 15.9. The average Bonchev–Trinajstić information content (AvgIpc) is 2.43. The van der Waals surface area contributed by atoms with E-state index < -0.39 is 17.9 Å². The van der Waals surface area contributed by atoms with Crippen LogP contribution in [0.2, 0.25) is 0 Å². The Bertz CT molecular complexity index is 481. The van der Waals surface area contributed by atoms with Crippen molar-refractivity contribution >= 4 is 29.2 Å². The first-order valence-electron chi connectivity index (χ1n) is 5.81. The molecule has 0 radical (unpaired) electrons. The van der Waals surface area contributed by atoms with Crippen molar-refractivity contribution in [2.45, 2.75) is 19.0 Å². The van der Waals surface area contributed by atoms with Crippen LogP contribution in [0.15, 0.2) is 30.3 Å². The molecule has 1 aromatic rings.